The lowest BCUT2D eigenvalue weighted by Crippen LogP contribution is -2.42. The normalized spacial score (nSPS) is 25.9. The number of nitrogens with one attached hydrogen (secondary N) is 1. The number of likely N-dealkylation sites (tertiary alicyclic amines) is 1. The molecule has 114 valence electrons. The second kappa shape index (κ2) is 6.48. The summed E-state index contributed by atoms with van der Waals surface area (Å²) in [7, 11) is 1.70. The number of ether oxygens (including phenoxy) is 1. The second-order valence-corrected chi connectivity index (χ2v) is 5.97. The fourth-order valence-electron chi connectivity index (χ4n) is 3.59. The van der Waals surface area contributed by atoms with Crippen LogP contribution in [0.2, 0.25) is 0 Å². The fourth-order valence-corrected chi connectivity index (χ4v) is 3.59. The van der Waals surface area contributed by atoms with Crippen LogP contribution in [0, 0.1) is 5.92 Å². The largest absolute Gasteiger partial charge is 0.496 e. The van der Waals surface area contributed by atoms with Crippen LogP contribution in [0.4, 0.5) is 0 Å². The first-order chi connectivity index (χ1) is 10.3. The van der Waals surface area contributed by atoms with Gasteiger partial charge in [-0.3, -0.25) is 4.79 Å². The van der Waals surface area contributed by atoms with Gasteiger partial charge in [-0.05, 0) is 38.3 Å². The number of para-hydroxylation sites is 1. The highest BCUT2D eigenvalue weighted by atomic mass is 16.5. The highest BCUT2D eigenvalue weighted by Gasteiger charge is 2.35. The van der Waals surface area contributed by atoms with Crippen LogP contribution in [0.1, 0.15) is 37.3 Å². The average molecular weight is 288 g/mol. The Morgan fingerprint density at radius 1 is 1.29 bits per heavy atom. The van der Waals surface area contributed by atoms with E-state index in [4.69, 9.17) is 4.74 Å². The van der Waals surface area contributed by atoms with Gasteiger partial charge in [0.05, 0.1) is 19.1 Å². The first-order valence-corrected chi connectivity index (χ1v) is 7.95. The molecule has 4 nitrogen and oxygen atoms in total. The molecule has 0 bridgehead atoms. The van der Waals surface area contributed by atoms with Gasteiger partial charge in [0.1, 0.15) is 5.75 Å². The van der Waals surface area contributed by atoms with Crippen molar-refractivity contribution in [2.75, 3.05) is 26.7 Å². The number of carbonyl (C=O) groups excluding carboxylic acids is 1. The van der Waals surface area contributed by atoms with Crippen molar-refractivity contribution in [1.29, 1.82) is 0 Å². The van der Waals surface area contributed by atoms with Gasteiger partial charge in [0.15, 0.2) is 0 Å². The predicted molar refractivity (Wildman–Crippen MR) is 82.3 cm³/mol. The zero-order chi connectivity index (χ0) is 14.7. The van der Waals surface area contributed by atoms with E-state index in [9.17, 15) is 4.79 Å². The summed E-state index contributed by atoms with van der Waals surface area (Å²) in [5.74, 6) is 1.36. The summed E-state index contributed by atoms with van der Waals surface area (Å²) in [6.45, 7) is 2.74. The number of amides is 1. The predicted octanol–water partition coefficient (Wildman–Crippen LogP) is 2.36. The molecule has 4 heteroatoms. The Kier molecular flexibility index (Phi) is 4.44. The molecule has 0 radical (unpaired) electrons. The van der Waals surface area contributed by atoms with Crippen LogP contribution in [0.3, 0.4) is 0 Å². The number of piperidine rings is 1. The Labute approximate surface area is 126 Å². The van der Waals surface area contributed by atoms with Gasteiger partial charge < -0.3 is 15.0 Å². The molecule has 3 rings (SSSR count). The molecule has 21 heavy (non-hydrogen) atoms. The van der Waals surface area contributed by atoms with Gasteiger partial charge >= 0.3 is 0 Å². The minimum Gasteiger partial charge on any atom is -0.496 e. The van der Waals surface area contributed by atoms with Crippen LogP contribution >= 0.6 is 0 Å². The summed E-state index contributed by atoms with van der Waals surface area (Å²) in [5.41, 5.74) is 1.15. The summed E-state index contributed by atoms with van der Waals surface area (Å²) in [4.78, 5) is 14.9. The summed E-state index contributed by atoms with van der Waals surface area (Å²) in [6.07, 6.45) is 4.23. The number of nitrogens with zero attached hydrogens (tertiary/aromatic N) is 1. The van der Waals surface area contributed by atoms with Gasteiger partial charge in [0.2, 0.25) is 5.91 Å². The summed E-state index contributed by atoms with van der Waals surface area (Å²) in [6, 6.07) is 8.26. The van der Waals surface area contributed by atoms with Crippen LogP contribution in [-0.2, 0) is 4.79 Å². The molecule has 2 saturated heterocycles. The summed E-state index contributed by atoms with van der Waals surface area (Å²) >= 11 is 0. The van der Waals surface area contributed by atoms with Crippen molar-refractivity contribution in [2.24, 2.45) is 5.92 Å². The lowest BCUT2D eigenvalue weighted by molar-refractivity contribution is -0.137. The van der Waals surface area contributed by atoms with Crippen LogP contribution in [0.15, 0.2) is 24.3 Å². The van der Waals surface area contributed by atoms with Crippen molar-refractivity contribution in [1.82, 2.24) is 10.2 Å². The lowest BCUT2D eigenvalue weighted by atomic mass is 9.96. The van der Waals surface area contributed by atoms with Crippen molar-refractivity contribution < 1.29 is 9.53 Å². The molecule has 2 heterocycles. The topological polar surface area (TPSA) is 41.6 Å². The van der Waals surface area contributed by atoms with Gasteiger partial charge in [-0.25, -0.2) is 0 Å². The molecule has 0 aliphatic carbocycles. The van der Waals surface area contributed by atoms with Gasteiger partial charge in [-0.15, -0.1) is 0 Å². The Balaban J connectivity index is 1.80. The van der Waals surface area contributed by atoms with Crippen molar-refractivity contribution in [3.8, 4) is 5.75 Å². The van der Waals surface area contributed by atoms with Crippen LogP contribution in [-0.4, -0.2) is 37.6 Å². The van der Waals surface area contributed by atoms with Gasteiger partial charge in [-0.1, -0.05) is 18.2 Å². The number of benzene rings is 1. The Morgan fingerprint density at radius 3 is 2.90 bits per heavy atom. The molecule has 2 fully saturated rings. The summed E-state index contributed by atoms with van der Waals surface area (Å²) in [5, 5.41) is 3.34. The molecule has 1 amide bonds. The Hall–Kier alpha value is -1.55. The third-order valence-electron chi connectivity index (χ3n) is 4.68. The van der Waals surface area contributed by atoms with Gasteiger partial charge in [0.25, 0.3) is 0 Å². The fraction of sp³-hybridized carbons (Fsp3) is 0.588. The lowest BCUT2D eigenvalue weighted by Gasteiger charge is -2.31. The first kappa shape index (κ1) is 14.4. The molecule has 1 aromatic carbocycles. The van der Waals surface area contributed by atoms with E-state index in [1.54, 1.807) is 7.11 Å². The summed E-state index contributed by atoms with van der Waals surface area (Å²) < 4.78 is 5.48. The number of hydrogen-bond acceptors (Lipinski definition) is 3. The quantitative estimate of drug-likeness (QED) is 0.928. The third kappa shape index (κ3) is 2.91. The molecule has 0 unspecified atom stereocenters. The van der Waals surface area contributed by atoms with Crippen molar-refractivity contribution in [2.45, 2.75) is 31.7 Å². The minimum atomic E-state index is 0.147. The molecule has 2 aliphatic heterocycles. The second-order valence-electron chi connectivity index (χ2n) is 5.97. The highest BCUT2D eigenvalue weighted by Crippen LogP contribution is 2.38. The van der Waals surface area contributed by atoms with E-state index in [1.165, 1.54) is 0 Å². The van der Waals surface area contributed by atoms with E-state index >= 15 is 0 Å². The number of carbonyl (C=O) groups is 1. The van der Waals surface area contributed by atoms with Crippen LogP contribution in [0.25, 0.3) is 0 Å². The molecule has 0 aromatic heterocycles. The molecule has 1 N–H and O–H groups in total. The van der Waals surface area contributed by atoms with E-state index in [0.717, 1.165) is 56.6 Å². The zero-order valence-electron chi connectivity index (χ0n) is 12.7. The van der Waals surface area contributed by atoms with Gasteiger partial charge in [0, 0.05) is 18.7 Å². The monoisotopic (exact) mass is 288 g/mol. The molecule has 0 spiro atoms. The molecule has 2 aliphatic rings. The van der Waals surface area contributed by atoms with Crippen molar-refractivity contribution in [3.05, 3.63) is 29.8 Å². The Morgan fingerprint density at radius 2 is 2.14 bits per heavy atom. The molecule has 1 aromatic rings. The van der Waals surface area contributed by atoms with E-state index in [0.29, 0.717) is 5.91 Å². The van der Waals surface area contributed by atoms with Crippen molar-refractivity contribution in [3.63, 3.8) is 0 Å². The van der Waals surface area contributed by atoms with Crippen molar-refractivity contribution >= 4 is 5.91 Å². The van der Waals surface area contributed by atoms with E-state index in [2.05, 4.69) is 16.3 Å². The van der Waals surface area contributed by atoms with Crippen LogP contribution < -0.4 is 10.1 Å². The standard InChI is InChI=1S/C17H24N2O2/c1-21-16-9-3-2-7-14(16)15-8-5-11-19(15)17(20)13-6-4-10-18-12-13/h2-3,7,9,13,15,18H,4-6,8,10-12H2,1H3/t13-,15-/m0/s1. The van der Waals surface area contributed by atoms with E-state index in [-0.39, 0.29) is 12.0 Å². The number of hydrogen-bond donors (Lipinski definition) is 1. The highest BCUT2D eigenvalue weighted by molar-refractivity contribution is 5.80. The molecule has 2 atom stereocenters. The number of methoxy groups -OCH3 is 1. The molecular weight excluding hydrogens is 264 g/mol. The smallest absolute Gasteiger partial charge is 0.227 e. The number of rotatable bonds is 3. The maximum atomic E-state index is 12.8. The maximum Gasteiger partial charge on any atom is 0.227 e. The third-order valence-corrected chi connectivity index (χ3v) is 4.68. The first-order valence-electron chi connectivity index (χ1n) is 7.95. The van der Waals surface area contributed by atoms with E-state index in [1.807, 2.05) is 18.2 Å². The van der Waals surface area contributed by atoms with E-state index < -0.39 is 0 Å². The zero-order valence-corrected chi connectivity index (χ0v) is 12.7. The molecular formula is C17H24N2O2. The Bertz CT molecular complexity index is 497. The maximum absolute atomic E-state index is 12.8. The van der Waals surface area contributed by atoms with Gasteiger partial charge in [-0.2, -0.15) is 0 Å². The average Bonchev–Trinajstić information content (AvgIpc) is 3.04. The van der Waals surface area contributed by atoms with Crippen LogP contribution in [0.5, 0.6) is 5.75 Å². The SMILES string of the molecule is COc1ccccc1[C@@H]1CCCN1C(=O)[C@H]1CCCNC1. The minimum absolute atomic E-state index is 0.147. The molecule has 0 saturated carbocycles.